The van der Waals surface area contributed by atoms with E-state index in [9.17, 15) is 9.90 Å². The van der Waals surface area contributed by atoms with E-state index >= 15 is 0 Å². The summed E-state index contributed by atoms with van der Waals surface area (Å²) in [7, 11) is -1.32. The first-order valence-corrected chi connectivity index (χ1v) is 8.26. The molecule has 0 saturated carbocycles. The molecule has 1 atom stereocenters. The normalized spacial score (nSPS) is 16.5. The number of rotatable bonds is 5. The van der Waals surface area contributed by atoms with Crippen LogP contribution in [0.2, 0.25) is 13.1 Å². The van der Waals surface area contributed by atoms with Crippen molar-refractivity contribution in [1.82, 2.24) is 0 Å². The van der Waals surface area contributed by atoms with E-state index in [4.69, 9.17) is 4.43 Å². The van der Waals surface area contributed by atoms with Crippen LogP contribution in [0.1, 0.15) is 40.5 Å². The van der Waals surface area contributed by atoms with Gasteiger partial charge in [-0.25, -0.2) is 4.79 Å². The fourth-order valence-electron chi connectivity index (χ4n) is 1.35. The first kappa shape index (κ1) is 14.6. The van der Waals surface area contributed by atoms with E-state index in [2.05, 4.69) is 20.8 Å². The number of hydrogen-bond acceptors (Lipinski definition) is 2. The second kappa shape index (κ2) is 5.12. The third-order valence-corrected chi connectivity index (χ3v) is 3.29. The van der Waals surface area contributed by atoms with Crippen LogP contribution in [0.25, 0.3) is 0 Å². The standard InChI is InChI=1S/C11H24O3Si/c1-10(2,3)7-8-11(4,9(12)13)14-15(5)6/h15H,7-8H2,1-6H3,(H,12,13). The van der Waals surface area contributed by atoms with Gasteiger partial charge in [0.05, 0.1) is 0 Å². The summed E-state index contributed by atoms with van der Waals surface area (Å²) in [5, 5.41) is 9.18. The molecule has 0 heterocycles. The Labute approximate surface area is 94.6 Å². The molecule has 0 radical (unpaired) electrons. The van der Waals surface area contributed by atoms with Gasteiger partial charge in [0.15, 0.2) is 14.6 Å². The van der Waals surface area contributed by atoms with Gasteiger partial charge in [-0.1, -0.05) is 20.8 Å². The topological polar surface area (TPSA) is 46.5 Å². The largest absolute Gasteiger partial charge is 0.479 e. The monoisotopic (exact) mass is 232 g/mol. The molecule has 0 aromatic heterocycles. The van der Waals surface area contributed by atoms with Gasteiger partial charge in [-0.2, -0.15) is 0 Å². The molecule has 1 unspecified atom stereocenters. The maximum absolute atomic E-state index is 11.2. The molecule has 0 aliphatic carbocycles. The van der Waals surface area contributed by atoms with Crippen LogP contribution in [-0.4, -0.2) is 25.7 Å². The van der Waals surface area contributed by atoms with Gasteiger partial charge >= 0.3 is 5.97 Å². The van der Waals surface area contributed by atoms with E-state index in [1.165, 1.54) is 0 Å². The Kier molecular flexibility index (Phi) is 5.00. The zero-order chi connectivity index (χ0) is 12.3. The van der Waals surface area contributed by atoms with Crippen LogP contribution in [0.4, 0.5) is 0 Å². The molecular weight excluding hydrogens is 208 g/mol. The van der Waals surface area contributed by atoms with E-state index in [1.54, 1.807) is 6.92 Å². The molecule has 90 valence electrons. The lowest BCUT2D eigenvalue weighted by molar-refractivity contribution is -0.155. The Morgan fingerprint density at radius 1 is 1.20 bits per heavy atom. The summed E-state index contributed by atoms with van der Waals surface area (Å²) < 4.78 is 5.63. The minimum Gasteiger partial charge on any atom is -0.479 e. The van der Waals surface area contributed by atoms with Crippen molar-refractivity contribution < 1.29 is 14.3 Å². The van der Waals surface area contributed by atoms with E-state index < -0.39 is 20.6 Å². The SMILES string of the molecule is C[SiH](C)OC(C)(CCC(C)(C)C)C(=O)O. The number of hydrogen-bond donors (Lipinski definition) is 1. The van der Waals surface area contributed by atoms with Crippen molar-refractivity contribution in [3.8, 4) is 0 Å². The number of carboxylic acids is 1. The van der Waals surface area contributed by atoms with Gasteiger partial charge in [0.2, 0.25) is 0 Å². The van der Waals surface area contributed by atoms with Crippen LogP contribution in [0.5, 0.6) is 0 Å². The smallest absolute Gasteiger partial charge is 0.334 e. The predicted octanol–water partition coefficient (Wildman–Crippen LogP) is 2.66. The summed E-state index contributed by atoms with van der Waals surface area (Å²) in [5.74, 6) is -0.840. The van der Waals surface area contributed by atoms with Gasteiger partial charge in [0.1, 0.15) is 0 Å². The van der Waals surface area contributed by atoms with Crippen molar-refractivity contribution in [3.63, 3.8) is 0 Å². The highest BCUT2D eigenvalue weighted by Gasteiger charge is 2.35. The zero-order valence-electron chi connectivity index (χ0n) is 10.8. The summed E-state index contributed by atoms with van der Waals surface area (Å²) in [4.78, 5) is 11.2. The average Bonchev–Trinajstić information content (AvgIpc) is 1.98. The van der Waals surface area contributed by atoms with Crippen molar-refractivity contribution in [2.45, 2.75) is 59.2 Å². The average molecular weight is 232 g/mol. The second-order valence-electron chi connectivity index (χ2n) is 5.76. The Morgan fingerprint density at radius 2 is 1.67 bits per heavy atom. The van der Waals surface area contributed by atoms with Crippen LogP contribution in [0.15, 0.2) is 0 Å². The fraction of sp³-hybridized carbons (Fsp3) is 0.909. The molecule has 4 heteroatoms. The minimum atomic E-state index is -1.32. The zero-order valence-corrected chi connectivity index (χ0v) is 11.9. The van der Waals surface area contributed by atoms with Crippen molar-refractivity contribution in [2.24, 2.45) is 5.41 Å². The van der Waals surface area contributed by atoms with Crippen LogP contribution in [-0.2, 0) is 9.22 Å². The van der Waals surface area contributed by atoms with Gasteiger partial charge < -0.3 is 9.53 Å². The Hall–Kier alpha value is -0.353. The Morgan fingerprint density at radius 3 is 1.93 bits per heavy atom. The first-order valence-electron chi connectivity index (χ1n) is 5.48. The van der Waals surface area contributed by atoms with Gasteiger partial charge in [0, 0.05) is 0 Å². The third kappa shape index (κ3) is 5.94. The third-order valence-electron chi connectivity index (χ3n) is 2.30. The number of aliphatic carboxylic acids is 1. The lowest BCUT2D eigenvalue weighted by atomic mass is 9.85. The molecule has 0 aromatic rings. The van der Waals surface area contributed by atoms with Crippen LogP contribution < -0.4 is 0 Å². The molecular formula is C11H24O3Si. The summed E-state index contributed by atoms with van der Waals surface area (Å²) in [5.41, 5.74) is -0.841. The molecule has 0 aliphatic heterocycles. The fourth-order valence-corrected chi connectivity index (χ4v) is 2.61. The van der Waals surface area contributed by atoms with E-state index in [1.807, 2.05) is 13.1 Å². The summed E-state index contributed by atoms with van der Waals surface area (Å²) in [6.45, 7) is 12.0. The number of carboxylic acid groups (broad SMARTS) is 1. The molecule has 0 aromatic carbocycles. The molecule has 0 saturated heterocycles. The van der Waals surface area contributed by atoms with Gasteiger partial charge in [0.25, 0.3) is 0 Å². The molecule has 0 bridgehead atoms. The molecule has 0 fully saturated rings. The first-order chi connectivity index (χ1) is 6.57. The maximum Gasteiger partial charge on any atom is 0.334 e. The summed E-state index contributed by atoms with van der Waals surface area (Å²) >= 11 is 0. The molecule has 15 heavy (non-hydrogen) atoms. The molecule has 0 amide bonds. The lowest BCUT2D eigenvalue weighted by Gasteiger charge is -2.30. The molecule has 0 rings (SSSR count). The number of carbonyl (C=O) groups is 1. The van der Waals surface area contributed by atoms with Crippen LogP contribution in [0.3, 0.4) is 0 Å². The molecule has 0 spiro atoms. The summed E-state index contributed by atoms with van der Waals surface area (Å²) in [6, 6.07) is 0. The molecule has 1 N–H and O–H groups in total. The maximum atomic E-state index is 11.2. The van der Waals surface area contributed by atoms with Gasteiger partial charge in [-0.3, -0.25) is 0 Å². The van der Waals surface area contributed by atoms with Crippen molar-refractivity contribution in [3.05, 3.63) is 0 Å². The van der Waals surface area contributed by atoms with E-state index in [-0.39, 0.29) is 5.41 Å². The Balaban J connectivity index is 4.46. The van der Waals surface area contributed by atoms with Crippen molar-refractivity contribution in [2.75, 3.05) is 0 Å². The highest BCUT2D eigenvalue weighted by Crippen LogP contribution is 2.28. The predicted molar refractivity (Wildman–Crippen MR) is 64.7 cm³/mol. The van der Waals surface area contributed by atoms with Gasteiger partial charge in [-0.15, -0.1) is 0 Å². The van der Waals surface area contributed by atoms with E-state index in [0.717, 1.165) is 6.42 Å². The summed E-state index contributed by atoms with van der Waals surface area (Å²) in [6.07, 6.45) is 1.44. The lowest BCUT2D eigenvalue weighted by Crippen LogP contribution is -2.42. The quantitative estimate of drug-likeness (QED) is 0.741. The van der Waals surface area contributed by atoms with Crippen molar-refractivity contribution >= 4 is 15.0 Å². The van der Waals surface area contributed by atoms with Gasteiger partial charge in [-0.05, 0) is 38.3 Å². The van der Waals surface area contributed by atoms with Crippen LogP contribution in [0, 0.1) is 5.41 Å². The second-order valence-corrected chi connectivity index (χ2v) is 8.10. The Bertz CT molecular complexity index is 220. The van der Waals surface area contributed by atoms with Crippen molar-refractivity contribution in [1.29, 1.82) is 0 Å². The minimum absolute atomic E-state index is 0.151. The molecule has 0 aliphatic rings. The van der Waals surface area contributed by atoms with E-state index in [0.29, 0.717) is 6.42 Å². The van der Waals surface area contributed by atoms with Crippen LogP contribution >= 0.6 is 0 Å². The molecule has 3 nitrogen and oxygen atoms in total. The highest BCUT2D eigenvalue weighted by atomic mass is 28.3. The highest BCUT2D eigenvalue weighted by molar-refractivity contribution is 6.48.